The molecule has 31 heavy (non-hydrogen) atoms. The van der Waals surface area contributed by atoms with Crippen LogP contribution in [0.5, 0.6) is 0 Å². The number of benzene rings is 1. The Bertz CT molecular complexity index is 907. The number of rotatable bonds is 4. The molecule has 1 aromatic carbocycles. The largest absolute Gasteiger partial charge is 0.339 e. The summed E-state index contributed by atoms with van der Waals surface area (Å²) in [6.07, 6.45) is 7.16. The van der Waals surface area contributed by atoms with E-state index in [0.717, 1.165) is 36.9 Å². The second kappa shape index (κ2) is 8.51. The fraction of sp³-hybridized carbons (Fsp3) is 0.542. The second-order valence-corrected chi connectivity index (χ2v) is 10.2. The highest BCUT2D eigenvalue weighted by Gasteiger charge is 2.49. The average molecular weight is 464 g/mol. The first-order valence-corrected chi connectivity index (χ1v) is 12.0. The van der Waals surface area contributed by atoms with Gasteiger partial charge in [0.25, 0.3) is 0 Å². The lowest BCUT2D eigenvalue weighted by Crippen LogP contribution is -2.47. The van der Waals surface area contributed by atoms with Crippen molar-refractivity contribution in [1.29, 1.82) is 0 Å². The molecule has 1 aromatic rings. The summed E-state index contributed by atoms with van der Waals surface area (Å²) in [4.78, 5) is 15.2. The number of alkyl halides is 2. The number of hydrogen-bond donors (Lipinski definition) is 2. The van der Waals surface area contributed by atoms with E-state index in [9.17, 15) is 4.79 Å². The number of nitrogens with one attached hydrogen (secondary N) is 2. The summed E-state index contributed by atoms with van der Waals surface area (Å²) in [5, 5.41) is -0.826. The van der Waals surface area contributed by atoms with Gasteiger partial charge >= 0.3 is 0 Å². The van der Waals surface area contributed by atoms with Gasteiger partial charge in [-0.05, 0) is 55.2 Å². The Balaban J connectivity index is 1.27. The second-order valence-electron chi connectivity index (χ2n) is 9.32. The molecule has 6 atom stereocenters. The molecule has 1 amide bonds. The zero-order valence-electron chi connectivity index (χ0n) is 17.4. The van der Waals surface area contributed by atoms with E-state index in [1.165, 1.54) is 0 Å². The van der Waals surface area contributed by atoms with E-state index in [2.05, 4.69) is 10.9 Å². The Hall–Kier alpha value is -1.40. The van der Waals surface area contributed by atoms with Gasteiger partial charge in [0, 0.05) is 31.1 Å². The summed E-state index contributed by atoms with van der Waals surface area (Å²) in [5.41, 5.74) is 6.41. The minimum absolute atomic E-state index is 0.0307. The first-order valence-electron chi connectivity index (χ1n) is 11.2. The van der Waals surface area contributed by atoms with Crippen LogP contribution in [-0.2, 0) is 4.79 Å². The van der Waals surface area contributed by atoms with Crippen LogP contribution in [0.4, 0.5) is 4.39 Å². The lowest BCUT2D eigenvalue weighted by atomic mass is 9.82. The third-order valence-electron chi connectivity index (χ3n) is 7.50. The molecule has 7 heteroatoms. The lowest BCUT2D eigenvalue weighted by molar-refractivity contribution is -0.134. The van der Waals surface area contributed by atoms with E-state index >= 15 is 4.39 Å². The molecule has 5 unspecified atom stereocenters. The van der Waals surface area contributed by atoms with Crippen molar-refractivity contribution in [2.24, 2.45) is 11.8 Å². The molecule has 2 N–H and O–H groups in total. The predicted octanol–water partition coefficient (Wildman–Crippen LogP) is 4.41. The van der Waals surface area contributed by atoms with Gasteiger partial charge in [-0.3, -0.25) is 15.6 Å². The van der Waals surface area contributed by atoms with Crippen LogP contribution in [0.25, 0.3) is 5.57 Å². The number of nitrogens with zero attached hydrogens (tertiary/aromatic N) is 1. The maximum Gasteiger partial charge on any atom is 0.226 e. The molecule has 2 heterocycles. The van der Waals surface area contributed by atoms with Gasteiger partial charge < -0.3 is 4.90 Å². The van der Waals surface area contributed by atoms with E-state index in [1.54, 1.807) is 12.2 Å². The number of hydrazine groups is 1. The number of hydrogen-bond acceptors (Lipinski definition) is 3. The molecule has 0 bridgehead atoms. The number of amides is 1. The van der Waals surface area contributed by atoms with Crippen molar-refractivity contribution in [3.8, 4) is 0 Å². The molecular formula is C24H28Cl2FN3O. The minimum atomic E-state index is -1.92. The zero-order valence-corrected chi connectivity index (χ0v) is 18.9. The molecule has 1 saturated carbocycles. The first-order chi connectivity index (χ1) is 15.0. The number of halogens is 3. The predicted molar refractivity (Wildman–Crippen MR) is 122 cm³/mol. The van der Waals surface area contributed by atoms with Crippen molar-refractivity contribution >= 4 is 34.7 Å². The summed E-state index contributed by atoms with van der Waals surface area (Å²) in [6.45, 7) is 1.69. The maximum atomic E-state index is 16.1. The molecule has 0 spiro atoms. The van der Waals surface area contributed by atoms with Crippen molar-refractivity contribution in [2.75, 3.05) is 13.1 Å². The normalized spacial score (nSPS) is 38.1. The van der Waals surface area contributed by atoms with Crippen molar-refractivity contribution < 1.29 is 9.18 Å². The molecule has 2 aliphatic heterocycles. The molecule has 5 rings (SSSR count). The van der Waals surface area contributed by atoms with Gasteiger partial charge in [-0.15, -0.1) is 11.6 Å². The number of likely N-dealkylation sites (tertiary alicyclic amines) is 1. The maximum absolute atomic E-state index is 16.1. The fourth-order valence-corrected chi connectivity index (χ4v) is 6.37. The zero-order chi connectivity index (χ0) is 21.6. The molecule has 2 aliphatic carbocycles. The SMILES string of the molecule is O=C1[C@@H](CC2(F)C(Cl)=CC(c3ccccc3)=CC2Cl)CCN1C1CCC2CNNC2C1. The van der Waals surface area contributed by atoms with Gasteiger partial charge in [0.2, 0.25) is 5.91 Å². The minimum Gasteiger partial charge on any atom is -0.339 e. The van der Waals surface area contributed by atoms with Gasteiger partial charge in [0.05, 0.1) is 10.4 Å². The van der Waals surface area contributed by atoms with Gasteiger partial charge in [0.15, 0.2) is 5.67 Å². The molecule has 0 radical (unpaired) electrons. The third-order valence-corrected chi connectivity index (χ3v) is 8.40. The molecule has 4 nitrogen and oxygen atoms in total. The molecule has 3 fully saturated rings. The van der Waals surface area contributed by atoms with Crippen LogP contribution >= 0.6 is 23.2 Å². The van der Waals surface area contributed by atoms with E-state index in [0.29, 0.717) is 24.9 Å². The Morgan fingerprint density at radius 3 is 2.77 bits per heavy atom. The monoisotopic (exact) mass is 463 g/mol. The summed E-state index contributed by atoms with van der Waals surface area (Å²) >= 11 is 13.0. The quantitative estimate of drug-likeness (QED) is 0.650. The molecule has 166 valence electrons. The van der Waals surface area contributed by atoms with Crippen LogP contribution in [0.3, 0.4) is 0 Å². The van der Waals surface area contributed by atoms with Crippen molar-refractivity contribution in [3.05, 3.63) is 53.1 Å². The standard InChI is InChI=1S/C24H28Cl2FN3O/c25-21-10-18(15-4-2-1-3-5-15)11-22(26)24(21,27)13-16-8-9-30(23(16)31)19-7-6-17-14-28-29-20(17)12-19/h1-5,10-11,16-17,19-21,28-29H,6-9,12-14H2/t16-,17?,19?,20?,21?,24?/m1/s1. The summed E-state index contributed by atoms with van der Waals surface area (Å²) < 4.78 is 16.1. The molecular weight excluding hydrogens is 436 g/mol. The Morgan fingerprint density at radius 1 is 1.19 bits per heavy atom. The summed E-state index contributed by atoms with van der Waals surface area (Å²) in [7, 11) is 0. The topological polar surface area (TPSA) is 44.4 Å². The number of allylic oxidation sites excluding steroid dienone is 4. The summed E-state index contributed by atoms with van der Waals surface area (Å²) in [6, 6.07) is 10.3. The van der Waals surface area contributed by atoms with E-state index in [4.69, 9.17) is 23.2 Å². The Labute approximate surface area is 192 Å². The Kier molecular flexibility index (Phi) is 5.89. The molecule has 4 aliphatic rings. The van der Waals surface area contributed by atoms with Crippen molar-refractivity contribution in [2.45, 2.75) is 55.2 Å². The highest BCUT2D eigenvalue weighted by molar-refractivity contribution is 6.34. The van der Waals surface area contributed by atoms with Crippen LogP contribution in [0, 0.1) is 11.8 Å². The van der Waals surface area contributed by atoms with Gasteiger partial charge in [0.1, 0.15) is 0 Å². The van der Waals surface area contributed by atoms with E-state index in [1.807, 2.05) is 35.2 Å². The van der Waals surface area contributed by atoms with Crippen LogP contribution in [0.2, 0.25) is 0 Å². The lowest BCUT2D eigenvalue weighted by Gasteiger charge is -2.37. The van der Waals surface area contributed by atoms with Crippen LogP contribution < -0.4 is 10.9 Å². The van der Waals surface area contributed by atoms with E-state index < -0.39 is 11.0 Å². The van der Waals surface area contributed by atoms with Crippen LogP contribution in [-0.4, -0.2) is 47.0 Å². The first kappa shape index (κ1) is 21.4. The van der Waals surface area contributed by atoms with Crippen molar-refractivity contribution in [1.82, 2.24) is 15.8 Å². The highest BCUT2D eigenvalue weighted by Crippen LogP contribution is 2.46. The average Bonchev–Trinajstić information content (AvgIpc) is 3.39. The van der Waals surface area contributed by atoms with Crippen LogP contribution in [0.1, 0.15) is 37.7 Å². The van der Waals surface area contributed by atoms with Gasteiger partial charge in [-0.1, -0.05) is 48.0 Å². The third kappa shape index (κ3) is 3.95. The number of fused-ring (bicyclic) bond motifs is 1. The smallest absolute Gasteiger partial charge is 0.226 e. The van der Waals surface area contributed by atoms with Gasteiger partial charge in [-0.2, -0.15) is 0 Å². The van der Waals surface area contributed by atoms with Crippen LogP contribution in [0.15, 0.2) is 47.5 Å². The molecule has 0 aromatic heterocycles. The van der Waals surface area contributed by atoms with E-state index in [-0.39, 0.29) is 29.3 Å². The number of carbonyl (C=O) groups excluding carboxylic acids is 1. The molecule has 2 saturated heterocycles. The van der Waals surface area contributed by atoms with Crippen molar-refractivity contribution in [3.63, 3.8) is 0 Å². The van der Waals surface area contributed by atoms with Gasteiger partial charge in [-0.25, -0.2) is 4.39 Å². The fourth-order valence-electron chi connectivity index (χ4n) is 5.66. The number of carbonyl (C=O) groups is 1. The summed E-state index contributed by atoms with van der Waals surface area (Å²) in [5.74, 6) is 0.317. The Morgan fingerprint density at radius 2 is 2.00 bits per heavy atom. The highest BCUT2D eigenvalue weighted by atomic mass is 35.5.